The third-order valence-electron chi connectivity index (χ3n) is 5.40. The summed E-state index contributed by atoms with van der Waals surface area (Å²) in [6.07, 6.45) is 2.17. The fourth-order valence-electron chi connectivity index (χ4n) is 2.94. The van der Waals surface area contributed by atoms with Crippen molar-refractivity contribution in [2.45, 2.75) is 40.5 Å². The Labute approximate surface area is 250 Å². The quantitative estimate of drug-likeness (QED) is 0.0994. The van der Waals surface area contributed by atoms with Crippen LogP contribution in [0.1, 0.15) is 40.5 Å². The van der Waals surface area contributed by atoms with Gasteiger partial charge in [-0.2, -0.15) is 0 Å². The normalized spacial score (nSPS) is 11.9. The Morgan fingerprint density at radius 1 is 0.220 bits per heavy atom. The van der Waals surface area contributed by atoms with Crippen LogP contribution >= 0.6 is 0 Å². The zero-order valence-corrected chi connectivity index (χ0v) is 26.6. The van der Waals surface area contributed by atoms with Crippen LogP contribution in [-0.4, -0.2) is 145 Å². The van der Waals surface area contributed by atoms with Gasteiger partial charge in [0.15, 0.2) is 0 Å². The Bertz CT molecular complexity index is 430. The van der Waals surface area contributed by atoms with E-state index in [1.807, 2.05) is 0 Å². The molecule has 0 radical (unpaired) electrons. The summed E-state index contributed by atoms with van der Waals surface area (Å²) >= 11 is 0. The molecule has 0 spiro atoms. The van der Waals surface area contributed by atoms with Gasteiger partial charge in [0.05, 0.1) is 132 Å². The lowest BCUT2D eigenvalue weighted by Crippen LogP contribution is -2.15. The molecule has 11 nitrogen and oxygen atoms in total. The maximum absolute atomic E-state index is 5.49. The molecule has 248 valence electrons. The van der Waals surface area contributed by atoms with Crippen LogP contribution in [0.25, 0.3) is 0 Å². The number of rotatable bonds is 36. The van der Waals surface area contributed by atoms with Crippen LogP contribution in [0.4, 0.5) is 0 Å². The van der Waals surface area contributed by atoms with Gasteiger partial charge in [-0.25, -0.2) is 0 Å². The lowest BCUT2D eigenvalue weighted by Gasteiger charge is -2.09. The van der Waals surface area contributed by atoms with Gasteiger partial charge in [0, 0.05) is 13.2 Å². The molecular weight excluding hydrogens is 536 g/mol. The van der Waals surface area contributed by atoms with Crippen LogP contribution in [0.3, 0.4) is 0 Å². The molecule has 0 fully saturated rings. The minimum atomic E-state index is 0.526. The highest BCUT2D eigenvalue weighted by Gasteiger charge is 1.97. The number of hydrogen-bond acceptors (Lipinski definition) is 11. The molecular formula is C30H62O11. The molecule has 0 unspecified atom stereocenters. The molecule has 0 aromatic carbocycles. The molecule has 0 aliphatic carbocycles. The predicted octanol–water partition coefficient (Wildman–Crippen LogP) is 3.26. The molecule has 0 aliphatic heterocycles. The minimum absolute atomic E-state index is 0.526. The maximum atomic E-state index is 5.49. The summed E-state index contributed by atoms with van der Waals surface area (Å²) in [4.78, 5) is 0. The van der Waals surface area contributed by atoms with Crippen molar-refractivity contribution >= 4 is 0 Å². The van der Waals surface area contributed by atoms with E-state index >= 15 is 0 Å². The first-order valence-corrected chi connectivity index (χ1v) is 15.5. The highest BCUT2D eigenvalue weighted by atomic mass is 16.6. The smallest absolute Gasteiger partial charge is 0.0701 e. The lowest BCUT2D eigenvalue weighted by atomic mass is 10.1. The Balaban J connectivity index is 3.03. The van der Waals surface area contributed by atoms with Crippen molar-refractivity contribution < 1.29 is 52.1 Å². The molecule has 0 amide bonds. The molecule has 0 bridgehead atoms. The highest BCUT2D eigenvalue weighted by molar-refractivity contribution is 4.44. The van der Waals surface area contributed by atoms with Gasteiger partial charge in [0.2, 0.25) is 0 Å². The van der Waals surface area contributed by atoms with E-state index in [0.29, 0.717) is 144 Å². The van der Waals surface area contributed by atoms with E-state index in [0.717, 1.165) is 26.1 Å². The Kier molecular flexibility index (Phi) is 35.4. The van der Waals surface area contributed by atoms with Crippen LogP contribution in [0.2, 0.25) is 0 Å². The van der Waals surface area contributed by atoms with E-state index in [1.54, 1.807) is 0 Å². The minimum Gasteiger partial charge on any atom is -0.379 e. The summed E-state index contributed by atoms with van der Waals surface area (Å²) in [5, 5.41) is 0. The molecule has 0 aliphatic rings. The Hall–Kier alpha value is -0.440. The first-order chi connectivity index (χ1) is 20.1. The SMILES string of the molecule is CC(C)CCOCCOCCOCCOCCOCCOCCOCCOCCOCCOCCOCCC(C)C. The van der Waals surface area contributed by atoms with Crippen LogP contribution in [0.5, 0.6) is 0 Å². The first kappa shape index (κ1) is 40.6. The Morgan fingerprint density at radius 3 is 0.463 bits per heavy atom. The van der Waals surface area contributed by atoms with Crippen molar-refractivity contribution in [3.05, 3.63) is 0 Å². The molecule has 0 aromatic rings. The summed E-state index contributed by atoms with van der Waals surface area (Å²) in [6, 6.07) is 0. The summed E-state index contributed by atoms with van der Waals surface area (Å²) in [5.41, 5.74) is 0. The summed E-state index contributed by atoms with van der Waals surface area (Å²) in [6.45, 7) is 21.5. The summed E-state index contributed by atoms with van der Waals surface area (Å²) < 4.78 is 60.2. The van der Waals surface area contributed by atoms with Crippen molar-refractivity contribution in [3.8, 4) is 0 Å². The zero-order chi connectivity index (χ0) is 29.9. The monoisotopic (exact) mass is 598 g/mol. The predicted molar refractivity (Wildman–Crippen MR) is 158 cm³/mol. The maximum Gasteiger partial charge on any atom is 0.0701 e. The van der Waals surface area contributed by atoms with Gasteiger partial charge >= 0.3 is 0 Å². The molecule has 0 N–H and O–H groups in total. The molecule has 0 heterocycles. The van der Waals surface area contributed by atoms with Crippen molar-refractivity contribution in [2.75, 3.05) is 145 Å². The highest BCUT2D eigenvalue weighted by Crippen LogP contribution is 1.99. The fraction of sp³-hybridized carbons (Fsp3) is 1.00. The van der Waals surface area contributed by atoms with Gasteiger partial charge in [-0.3, -0.25) is 0 Å². The second-order valence-electron chi connectivity index (χ2n) is 10.1. The molecule has 41 heavy (non-hydrogen) atoms. The van der Waals surface area contributed by atoms with Gasteiger partial charge in [0.1, 0.15) is 0 Å². The van der Waals surface area contributed by atoms with Gasteiger partial charge in [0.25, 0.3) is 0 Å². The molecule has 0 aromatic heterocycles. The van der Waals surface area contributed by atoms with Crippen LogP contribution in [0, 0.1) is 11.8 Å². The number of ether oxygens (including phenoxy) is 11. The Morgan fingerprint density at radius 2 is 0.341 bits per heavy atom. The van der Waals surface area contributed by atoms with E-state index in [2.05, 4.69) is 27.7 Å². The molecule has 0 saturated heterocycles. The average Bonchev–Trinajstić information content (AvgIpc) is 2.94. The van der Waals surface area contributed by atoms with E-state index in [9.17, 15) is 0 Å². The van der Waals surface area contributed by atoms with Crippen molar-refractivity contribution in [3.63, 3.8) is 0 Å². The molecule has 11 heteroatoms. The average molecular weight is 599 g/mol. The second kappa shape index (κ2) is 35.8. The molecule has 0 rings (SSSR count). The third-order valence-corrected chi connectivity index (χ3v) is 5.40. The summed E-state index contributed by atoms with van der Waals surface area (Å²) in [5.74, 6) is 1.34. The van der Waals surface area contributed by atoms with Crippen LogP contribution < -0.4 is 0 Å². The fourth-order valence-corrected chi connectivity index (χ4v) is 2.94. The largest absolute Gasteiger partial charge is 0.379 e. The van der Waals surface area contributed by atoms with E-state index < -0.39 is 0 Å². The lowest BCUT2D eigenvalue weighted by molar-refractivity contribution is -0.0276. The van der Waals surface area contributed by atoms with Gasteiger partial charge in [-0.1, -0.05) is 27.7 Å². The topological polar surface area (TPSA) is 102 Å². The van der Waals surface area contributed by atoms with Gasteiger partial charge < -0.3 is 52.1 Å². The van der Waals surface area contributed by atoms with Gasteiger partial charge in [-0.15, -0.1) is 0 Å². The first-order valence-electron chi connectivity index (χ1n) is 15.5. The van der Waals surface area contributed by atoms with Gasteiger partial charge in [-0.05, 0) is 24.7 Å². The standard InChI is InChI=1S/C30H62O11/c1-29(2)5-7-31-9-11-33-13-15-35-17-19-37-21-23-39-25-27-41-28-26-40-24-22-38-20-18-36-16-14-34-12-10-32-8-6-30(3)4/h29-30H,5-28H2,1-4H3. The van der Waals surface area contributed by atoms with Crippen LogP contribution in [-0.2, 0) is 52.1 Å². The number of hydrogen-bond donors (Lipinski definition) is 0. The van der Waals surface area contributed by atoms with Crippen molar-refractivity contribution in [2.24, 2.45) is 11.8 Å². The van der Waals surface area contributed by atoms with Crippen molar-refractivity contribution in [1.82, 2.24) is 0 Å². The third kappa shape index (κ3) is 39.6. The summed E-state index contributed by atoms with van der Waals surface area (Å²) in [7, 11) is 0. The van der Waals surface area contributed by atoms with E-state index in [-0.39, 0.29) is 0 Å². The second-order valence-corrected chi connectivity index (χ2v) is 10.1. The van der Waals surface area contributed by atoms with E-state index in [4.69, 9.17) is 52.1 Å². The molecule has 0 saturated carbocycles. The zero-order valence-electron chi connectivity index (χ0n) is 26.6. The molecule has 0 atom stereocenters. The van der Waals surface area contributed by atoms with Crippen LogP contribution in [0.15, 0.2) is 0 Å². The van der Waals surface area contributed by atoms with E-state index in [1.165, 1.54) is 0 Å². The van der Waals surface area contributed by atoms with Crippen molar-refractivity contribution in [1.29, 1.82) is 0 Å².